The molecule has 1 fully saturated rings. The first kappa shape index (κ1) is 18.5. The van der Waals surface area contributed by atoms with E-state index in [2.05, 4.69) is 10.6 Å². The first-order chi connectivity index (χ1) is 11.3. The van der Waals surface area contributed by atoms with Crippen molar-refractivity contribution in [1.82, 2.24) is 10.6 Å². The number of rotatable bonds is 5. The predicted molar refractivity (Wildman–Crippen MR) is 92.8 cm³/mol. The van der Waals surface area contributed by atoms with Crippen LogP contribution in [0.3, 0.4) is 0 Å². The Balaban J connectivity index is 2.06. The smallest absolute Gasteiger partial charge is 0.252 e. The molecule has 2 rings (SSSR count). The van der Waals surface area contributed by atoms with Crippen LogP contribution < -0.4 is 14.9 Å². The van der Waals surface area contributed by atoms with Crippen LogP contribution in [-0.4, -0.2) is 45.6 Å². The molecule has 0 bridgehead atoms. The summed E-state index contributed by atoms with van der Waals surface area (Å²) < 4.78 is 25.6. The monoisotopic (exact) mass is 373 g/mol. The highest BCUT2D eigenvalue weighted by atomic mass is 35.5. The highest BCUT2D eigenvalue weighted by Gasteiger charge is 2.26. The molecule has 2 N–H and O–H groups in total. The van der Waals surface area contributed by atoms with E-state index in [0.29, 0.717) is 25.2 Å². The lowest BCUT2D eigenvalue weighted by Crippen LogP contribution is -2.38. The molecule has 1 saturated heterocycles. The fourth-order valence-corrected chi connectivity index (χ4v) is 4.32. The van der Waals surface area contributed by atoms with E-state index >= 15 is 0 Å². The molecule has 0 aromatic heterocycles. The summed E-state index contributed by atoms with van der Waals surface area (Å²) in [5, 5.41) is 5.39. The summed E-state index contributed by atoms with van der Waals surface area (Å²) in [7, 11) is -3.32. The van der Waals surface area contributed by atoms with Gasteiger partial charge in [0.1, 0.15) is 0 Å². The SMILES string of the molecule is CC(=O)NCCNC(=O)c1ccc(N2CCCCS2(=O)=O)cc1Cl. The van der Waals surface area contributed by atoms with E-state index in [1.807, 2.05) is 0 Å². The summed E-state index contributed by atoms with van der Waals surface area (Å²) in [5.41, 5.74) is 0.729. The number of carbonyl (C=O) groups excluding carboxylic acids is 2. The van der Waals surface area contributed by atoms with E-state index in [-0.39, 0.29) is 34.7 Å². The van der Waals surface area contributed by atoms with Crippen LogP contribution in [0.2, 0.25) is 5.02 Å². The van der Waals surface area contributed by atoms with Crippen molar-refractivity contribution in [3.05, 3.63) is 28.8 Å². The van der Waals surface area contributed by atoms with Crippen LogP contribution in [0.5, 0.6) is 0 Å². The van der Waals surface area contributed by atoms with Gasteiger partial charge in [-0.3, -0.25) is 13.9 Å². The van der Waals surface area contributed by atoms with Gasteiger partial charge in [-0.2, -0.15) is 0 Å². The third-order valence-electron chi connectivity index (χ3n) is 3.62. The molecular formula is C15H20ClN3O4S. The summed E-state index contributed by atoms with van der Waals surface area (Å²) in [6.45, 7) is 2.41. The Bertz CT molecular complexity index is 736. The number of hydrogen-bond acceptors (Lipinski definition) is 4. The van der Waals surface area contributed by atoms with Gasteiger partial charge in [-0.25, -0.2) is 8.42 Å². The van der Waals surface area contributed by atoms with E-state index in [0.717, 1.165) is 6.42 Å². The van der Waals surface area contributed by atoms with Crippen molar-refractivity contribution >= 4 is 39.1 Å². The van der Waals surface area contributed by atoms with Crippen LogP contribution in [-0.2, 0) is 14.8 Å². The average molecular weight is 374 g/mol. The Morgan fingerprint density at radius 2 is 1.92 bits per heavy atom. The molecule has 0 spiro atoms. The van der Waals surface area contributed by atoms with Gasteiger partial charge in [0.15, 0.2) is 0 Å². The summed E-state index contributed by atoms with van der Waals surface area (Å²) in [5.74, 6) is -0.427. The average Bonchev–Trinajstić information content (AvgIpc) is 2.50. The van der Waals surface area contributed by atoms with E-state index in [9.17, 15) is 18.0 Å². The first-order valence-corrected chi connectivity index (χ1v) is 9.62. The van der Waals surface area contributed by atoms with Gasteiger partial charge in [0.05, 0.1) is 22.0 Å². The van der Waals surface area contributed by atoms with Gasteiger partial charge in [-0.15, -0.1) is 0 Å². The Labute approximate surface area is 146 Å². The normalized spacial score (nSPS) is 16.5. The Morgan fingerprint density at radius 3 is 2.54 bits per heavy atom. The minimum Gasteiger partial charge on any atom is -0.355 e. The number of sulfonamides is 1. The molecule has 7 nitrogen and oxygen atoms in total. The van der Waals surface area contributed by atoms with E-state index in [4.69, 9.17) is 11.6 Å². The zero-order chi connectivity index (χ0) is 17.7. The molecule has 1 aliphatic heterocycles. The van der Waals surface area contributed by atoms with Crippen molar-refractivity contribution in [2.45, 2.75) is 19.8 Å². The van der Waals surface area contributed by atoms with Gasteiger partial charge in [0.2, 0.25) is 15.9 Å². The number of hydrogen-bond donors (Lipinski definition) is 2. The zero-order valence-electron chi connectivity index (χ0n) is 13.3. The lowest BCUT2D eigenvalue weighted by atomic mass is 10.2. The minimum absolute atomic E-state index is 0.121. The molecule has 24 heavy (non-hydrogen) atoms. The second-order valence-corrected chi connectivity index (χ2v) is 7.92. The van der Waals surface area contributed by atoms with Gasteiger partial charge in [-0.1, -0.05) is 11.6 Å². The zero-order valence-corrected chi connectivity index (χ0v) is 14.9. The van der Waals surface area contributed by atoms with Crippen LogP contribution in [0.15, 0.2) is 18.2 Å². The number of nitrogens with one attached hydrogen (secondary N) is 2. The molecule has 2 amide bonds. The topological polar surface area (TPSA) is 95.6 Å². The molecule has 0 unspecified atom stereocenters. The van der Waals surface area contributed by atoms with Crippen LogP contribution in [0.4, 0.5) is 5.69 Å². The maximum atomic E-state index is 12.1. The standard InChI is InChI=1S/C15H20ClN3O4S/c1-11(20)17-6-7-18-15(21)13-5-4-12(10-14(13)16)19-8-2-3-9-24(19,22)23/h4-5,10H,2-3,6-9H2,1H3,(H,17,20)(H,18,21). The third-order valence-corrected chi connectivity index (χ3v) is 5.80. The van der Waals surface area contributed by atoms with E-state index in [1.165, 1.54) is 23.4 Å². The second-order valence-electron chi connectivity index (χ2n) is 5.50. The highest BCUT2D eigenvalue weighted by molar-refractivity contribution is 7.92. The quantitative estimate of drug-likeness (QED) is 0.756. The van der Waals surface area contributed by atoms with Crippen molar-refractivity contribution in [2.24, 2.45) is 0 Å². The molecule has 1 aliphatic rings. The number of carbonyl (C=O) groups is 2. The first-order valence-electron chi connectivity index (χ1n) is 7.64. The lowest BCUT2D eigenvalue weighted by molar-refractivity contribution is -0.118. The van der Waals surface area contributed by atoms with Gasteiger partial charge in [-0.05, 0) is 31.0 Å². The maximum Gasteiger partial charge on any atom is 0.252 e. The summed E-state index contributed by atoms with van der Waals surface area (Å²) in [6.07, 6.45) is 1.45. The number of halogens is 1. The summed E-state index contributed by atoms with van der Waals surface area (Å²) in [4.78, 5) is 22.8. The summed E-state index contributed by atoms with van der Waals surface area (Å²) >= 11 is 6.15. The van der Waals surface area contributed by atoms with Crippen molar-refractivity contribution in [3.8, 4) is 0 Å². The number of amides is 2. The molecule has 132 valence electrons. The minimum atomic E-state index is -3.32. The molecule has 9 heteroatoms. The van der Waals surface area contributed by atoms with Gasteiger partial charge in [0, 0.05) is 26.6 Å². The number of benzene rings is 1. The van der Waals surface area contributed by atoms with Gasteiger partial charge < -0.3 is 10.6 Å². The molecule has 1 aromatic carbocycles. The fraction of sp³-hybridized carbons (Fsp3) is 0.467. The Kier molecular flexibility index (Phi) is 6.06. The Hall–Kier alpha value is -1.80. The molecule has 0 radical (unpaired) electrons. The van der Waals surface area contributed by atoms with Crippen LogP contribution in [0.1, 0.15) is 30.1 Å². The molecule has 0 atom stereocenters. The third kappa shape index (κ3) is 4.61. The number of nitrogens with zero attached hydrogens (tertiary/aromatic N) is 1. The van der Waals surface area contributed by atoms with Crippen molar-refractivity contribution in [3.63, 3.8) is 0 Å². The van der Waals surface area contributed by atoms with E-state index < -0.39 is 10.0 Å². The lowest BCUT2D eigenvalue weighted by Gasteiger charge is -2.28. The molecule has 0 aliphatic carbocycles. The van der Waals surface area contributed by atoms with E-state index in [1.54, 1.807) is 6.07 Å². The maximum absolute atomic E-state index is 12.1. The van der Waals surface area contributed by atoms with Gasteiger partial charge >= 0.3 is 0 Å². The van der Waals surface area contributed by atoms with Crippen LogP contribution in [0, 0.1) is 0 Å². The predicted octanol–water partition coefficient (Wildman–Crippen LogP) is 1.14. The second kappa shape index (κ2) is 7.85. The molecule has 0 saturated carbocycles. The van der Waals surface area contributed by atoms with Crippen molar-refractivity contribution in [2.75, 3.05) is 29.7 Å². The fourth-order valence-electron chi connectivity index (χ4n) is 2.43. The van der Waals surface area contributed by atoms with Crippen molar-refractivity contribution < 1.29 is 18.0 Å². The number of anilines is 1. The molecule has 1 heterocycles. The largest absolute Gasteiger partial charge is 0.355 e. The highest BCUT2D eigenvalue weighted by Crippen LogP contribution is 2.28. The van der Waals surface area contributed by atoms with Crippen LogP contribution in [0.25, 0.3) is 0 Å². The van der Waals surface area contributed by atoms with Gasteiger partial charge in [0.25, 0.3) is 5.91 Å². The molecular weight excluding hydrogens is 354 g/mol. The summed E-state index contributed by atoms with van der Waals surface area (Å²) in [6, 6.07) is 4.58. The Morgan fingerprint density at radius 1 is 1.21 bits per heavy atom. The van der Waals surface area contributed by atoms with Crippen molar-refractivity contribution in [1.29, 1.82) is 0 Å². The molecule has 1 aromatic rings. The van der Waals surface area contributed by atoms with Crippen LogP contribution >= 0.6 is 11.6 Å².